The number of amides is 4. The van der Waals surface area contributed by atoms with Crippen molar-refractivity contribution in [3.63, 3.8) is 0 Å². The van der Waals surface area contributed by atoms with E-state index in [0.717, 1.165) is 38.9 Å². The highest BCUT2D eigenvalue weighted by molar-refractivity contribution is 5.97. The molecule has 1 unspecified atom stereocenters. The molecular formula is C16H29N5O3. The lowest BCUT2D eigenvalue weighted by Gasteiger charge is -2.26. The van der Waals surface area contributed by atoms with Crippen molar-refractivity contribution in [2.24, 2.45) is 0 Å². The number of hydrogen-bond donors (Lipinski definition) is 2. The van der Waals surface area contributed by atoms with Gasteiger partial charge >= 0.3 is 6.03 Å². The third-order valence-corrected chi connectivity index (χ3v) is 4.56. The van der Waals surface area contributed by atoms with Crippen molar-refractivity contribution in [3.05, 3.63) is 0 Å². The van der Waals surface area contributed by atoms with Crippen LogP contribution in [-0.4, -0.2) is 91.4 Å². The van der Waals surface area contributed by atoms with E-state index in [2.05, 4.69) is 20.4 Å². The van der Waals surface area contributed by atoms with Crippen LogP contribution in [0.2, 0.25) is 0 Å². The van der Waals surface area contributed by atoms with Crippen LogP contribution < -0.4 is 10.6 Å². The van der Waals surface area contributed by atoms with Gasteiger partial charge in [-0.15, -0.1) is 0 Å². The van der Waals surface area contributed by atoms with E-state index < -0.39 is 6.03 Å². The fourth-order valence-corrected chi connectivity index (χ4v) is 2.70. The summed E-state index contributed by atoms with van der Waals surface area (Å²) in [6, 6.07) is -0.532. The molecule has 24 heavy (non-hydrogen) atoms. The summed E-state index contributed by atoms with van der Waals surface area (Å²) < 4.78 is 0. The number of carbonyl (C=O) groups excluding carboxylic acids is 3. The summed E-state index contributed by atoms with van der Waals surface area (Å²) in [6.07, 6.45) is 2.88. The van der Waals surface area contributed by atoms with Gasteiger partial charge in [-0.05, 0) is 32.7 Å². The molecule has 1 atom stereocenters. The summed E-state index contributed by atoms with van der Waals surface area (Å²) in [5.41, 5.74) is 0. The number of imide groups is 1. The lowest BCUT2D eigenvalue weighted by molar-refractivity contribution is -0.130. The predicted octanol–water partition coefficient (Wildman–Crippen LogP) is -0.541. The van der Waals surface area contributed by atoms with Crippen LogP contribution >= 0.6 is 0 Å². The molecule has 8 heteroatoms. The Kier molecular flexibility index (Phi) is 6.56. The van der Waals surface area contributed by atoms with Gasteiger partial charge < -0.3 is 10.2 Å². The summed E-state index contributed by atoms with van der Waals surface area (Å²) in [4.78, 5) is 41.5. The van der Waals surface area contributed by atoms with Crippen molar-refractivity contribution in [2.75, 3.05) is 46.8 Å². The Bertz CT molecular complexity index is 478. The molecule has 1 aliphatic carbocycles. The molecule has 0 bridgehead atoms. The Labute approximate surface area is 143 Å². The van der Waals surface area contributed by atoms with Crippen LogP contribution in [0.1, 0.15) is 26.2 Å². The molecule has 1 saturated carbocycles. The van der Waals surface area contributed by atoms with E-state index in [1.54, 1.807) is 19.0 Å². The van der Waals surface area contributed by atoms with Crippen LogP contribution in [0.3, 0.4) is 0 Å². The zero-order chi connectivity index (χ0) is 17.7. The van der Waals surface area contributed by atoms with Crippen molar-refractivity contribution >= 4 is 17.8 Å². The maximum Gasteiger partial charge on any atom is 0.321 e. The Morgan fingerprint density at radius 2 is 1.83 bits per heavy atom. The number of rotatable bonds is 5. The minimum atomic E-state index is -0.401. The monoisotopic (exact) mass is 339 g/mol. The van der Waals surface area contributed by atoms with Gasteiger partial charge in [0.25, 0.3) is 0 Å². The van der Waals surface area contributed by atoms with E-state index in [4.69, 9.17) is 0 Å². The topological polar surface area (TPSA) is 85.0 Å². The highest BCUT2D eigenvalue weighted by Crippen LogP contribution is 2.18. The standard InChI is InChI=1S/C16H29N5O3/c1-12(15(23)18-16(24)17-13-5-6-13)21-8-4-7-20(9-10-21)11-14(22)19(2)3/h12-13H,4-11H2,1-3H3,(H2,17,18,23,24). The maximum absolute atomic E-state index is 12.2. The fraction of sp³-hybridized carbons (Fsp3) is 0.812. The number of nitrogens with zero attached hydrogens (tertiary/aromatic N) is 3. The van der Waals surface area contributed by atoms with Crippen molar-refractivity contribution in [2.45, 2.75) is 38.3 Å². The van der Waals surface area contributed by atoms with Gasteiger partial charge in [0.2, 0.25) is 11.8 Å². The summed E-state index contributed by atoms with van der Waals surface area (Å²) >= 11 is 0. The molecular weight excluding hydrogens is 310 g/mol. The second-order valence-corrected chi connectivity index (χ2v) is 6.87. The normalized spacial score (nSPS) is 20.8. The highest BCUT2D eigenvalue weighted by atomic mass is 16.2. The van der Waals surface area contributed by atoms with E-state index in [0.29, 0.717) is 13.1 Å². The Hall–Kier alpha value is -1.67. The molecule has 0 radical (unpaired) electrons. The van der Waals surface area contributed by atoms with Crippen LogP contribution in [0.25, 0.3) is 0 Å². The van der Waals surface area contributed by atoms with Crippen molar-refractivity contribution < 1.29 is 14.4 Å². The molecule has 1 saturated heterocycles. The van der Waals surface area contributed by atoms with Crippen LogP contribution in [-0.2, 0) is 9.59 Å². The summed E-state index contributed by atoms with van der Waals surface area (Å²) in [6.45, 7) is 5.30. The van der Waals surface area contributed by atoms with E-state index in [-0.39, 0.29) is 23.9 Å². The molecule has 2 fully saturated rings. The highest BCUT2D eigenvalue weighted by Gasteiger charge is 2.28. The molecule has 0 aromatic rings. The number of likely N-dealkylation sites (N-methyl/N-ethyl adjacent to an activating group) is 1. The van der Waals surface area contributed by atoms with Gasteiger partial charge in [-0.1, -0.05) is 0 Å². The van der Waals surface area contributed by atoms with Crippen molar-refractivity contribution in [3.8, 4) is 0 Å². The van der Waals surface area contributed by atoms with E-state index in [1.165, 1.54) is 0 Å². The van der Waals surface area contributed by atoms with Crippen LogP contribution in [0.5, 0.6) is 0 Å². The molecule has 4 amide bonds. The quantitative estimate of drug-likeness (QED) is 0.703. The Morgan fingerprint density at radius 1 is 1.12 bits per heavy atom. The first-order chi connectivity index (χ1) is 11.4. The summed E-state index contributed by atoms with van der Waals surface area (Å²) in [7, 11) is 3.51. The van der Waals surface area contributed by atoms with Crippen LogP contribution in [0.15, 0.2) is 0 Å². The number of urea groups is 1. The van der Waals surface area contributed by atoms with Gasteiger partial charge in [-0.3, -0.25) is 24.7 Å². The predicted molar refractivity (Wildman–Crippen MR) is 90.5 cm³/mol. The minimum absolute atomic E-state index is 0.0889. The first kappa shape index (κ1) is 18.7. The molecule has 2 N–H and O–H groups in total. The van der Waals surface area contributed by atoms with Gasteiger partial charge in [-0.2, -0.15) is 0 Å². The molecule has 2 aliphatic rings. The van der Waals surface area contributed by atoms with E-state index in [1.807, 2.05) is 6.92 Å². The van der Waals surface area contributed by atoms with E-state index in [9.17, 15) is 14.4 Å². The molecule has 1 aliphatic heterocycles. The van der Waals surface area contributed by atoms with Crippen LogP contribution in [0, 0.1) is 0 Å². The molecule has 2 rings (SSSR count). The van der Waals surface area contributed by atoms with Gasteiger partial charge in [0, 0.05) is 39.8 Å². The largest absolute Gasteiger partial charge is 0.348 e. The lowest BCUT2D eigenvalue weighted by Crippen LogP contribution is -2.50. The number of carbonyl (C=O) groups is 3. The average molecular weight is 339 g/mol. The second kappa shape index (κ2) is 8.43. The third-order valence-electron chi connectivity index (χ3n) is 4.56. The lowest BCUT2D eigenvalue weighted by atomic mass is 10.2. The zero-order valence-corrected chi connectivity index (χ0v) is 14.9. The summed E-state index contributed by atoms with van der Waals surface area (Å²) in [5, 5.41) is 5.18. The fourth-order valence-electron chi connectivity index (χ4n) is 2.70. The summed E-state index contributed by atoms with van der Waals surface area (Å²) in [5.74, 6) is -0.183. The molecule has 0 spiro atoms. The van der Waals surface area contributed by atoms with Gasteiger partial charge in [0.05, 0.1) is 12.6 Å². The second-order valence-electron chi connectivity index (χ2n) is 6.87. The Morgan fingerprint density at radius 3 is 2.46 bits per heavy atom. The average Bonchev–Trinajstić information content (AvgIpc) is 3.33. The molecule has 136 valence electrons. The van der Waals surface area contributed by atoms with Gasteiger partial charge in [-0.25, -0.2) is 4.79 Å². The first-order valence-electron chi connectivity index (χ1n) is 8.64. The molecule has 0 aromatic carbocycles. The Balaban J connectivity index is 1.77. The third kappa shape index (κ3) is 5.76. The SMILES string of the molecule is CC(C(=O)NC(=O)NC1CC1)N1CCCN(CC(=O)N(C)C)CC1. The van der Waals surface area contributed by atoms with E-state index >= 15 is 0 Å². The van der Waals surface area contributed by atoms with Gasteiger partial charge in [0.1, 0.15) is 0 Å². The smallest absolute Gasteiger partial charge is 0.321 e. The van der Waals surface area contributed by atoms with Crippen LogP contribution in [0.4, 0.5) is 4.79 Å². The van der Waals surface area contributed by atoms with Gasteiger partial charge in [0.15, 0.2) is 0 Å². The zero-order valence-electron chi connectivity index (χ0n) is 14.9. The number of nitrogens with one attached hydrogen (secondary N) is 2. The number of hydrogen-bond acceptors (Lipinski definition) is 5. The first-order valence-corrected chi connectivity index (χ1v) is 8.64. The van der Waals surface area contributed by atoms with Crippen molar-refractivity contribution in [1.82, 2.24) is 25.3 Å². The minimum Gasteiger partial charge on any atom is -0.348 e. The molecule has 1 heterocycles. The maximum atomic E-state index is 12.2. The van der Waals surface area contributed by atoms with Crippen molar-refractivity contribution in [1.29, 1.82) is 0 Å². The molecule has 8 nitrogen and oxygen atoms in total. The molecule has 0 aromatic heterocycles.